The number of amides is 1. The van der Waals surface area contributed by atoms with Gasteiger partial charge in [-0.2, -0.15) is 5.10 Å². The average molecular weight is 474 g/mol. The molecule has 1 amide bonds. The molecule has 2 bridgehead atoms. The number of benzene rings is 2. The predicted molar refractivity (Wildman–Crippen MR) is 137 cm³/mol. The van der Waals surface area contributed by atoms with Crippen LogP contribution in [0, 0.1) is 17.8 Å². The lowest BCUT2D eigenvalue weighted by Gasteiger charge is -2.39. The van der Waals surface area contributed by atoms with Crippen LogP contribution < -0.4 is 9.47 Å². The highest BCUT2D eigenvalue weighted by Crippen LogP contribution is 2.52. The molecular weight excluding hydrogens is 438 g/mol. The lowest BCUT2D eigenvalue weighted by molar-refractivity contribution is 0.0699. The second-order valence-corrected chi connectivity index (χ2v) is 11.4. The molecule has 1 aromatic heterocycles. The molecule has 35 heavy (non-hydrogen) atoms. The van der Waals surface area contributed by atoms with Gasteiger partial charge in [0.05, 0.1) is 25.6 Å². The number of methoxy groups -OCH3 is 2. The molecule has 3 aromatic rings. The Morgan fingerprint density at radius 1 is 1.00 bits per heavy atom. The van der Waals surface area contributed by atoms with Crippen molar-refractivity contribution in [2.24, 2.45) is 10.8 Å². The van der Waals surface area contributed by atoms with Gasteiger partial charge in [-0.1, -0.05) is 38.5 Å². The smallest absolute Gasteiger partial charge is 0.272 e. The molecule has 6 nitrogen and oxygen atoms in total. The monoisotopic (exact) mass is 473 g/mol. The summed E-state index contributed by atoms with van der Waals surface area (Å²) in [4.78, 5) is 16.2. The first-order valence-corrected chi connectivity index (χ1v) is 12.3. The molecule has 1 aliphatic heterocycles. The van der Waals surface area contributed by atoms with E-state index in [1.807, 2.05) is 48.5 Å². The molecule has 1 saturated heterocycles. The van der Waals surface area contributed by atoms with Crippen LogP contribution in [-0.2, 0) is 0 Å². The molecule has 1 saturated carbocycles. The molecular formula is C29H35N3O3. The van der Waals surface area contributed by atoms with Crippen molar-refractivity contribution in [3.05, 3.63) is 59.8 Å². The fourth-order valence-electron chi connectivity index (χ4n) is 6.40. The van der Waals surface area contributed by atoms with E-state index in [0.717, 1.165) is 42.6 Å². The first kappa shape index (κ1) is 23.5. The second-order valence-electron chi connectivity index (χ2n) is 11.4. The minimum Gasteiger partial charge on any atom is -0.497 e. The summed E-state index contributed by atoms with van der Waals surface area (Å²) in [6.07, 6.45) is 3.25. The number of hydrogen-bond donors (Lipinski definition) is 0. The van der Waals surface area contributed by atoms with Crippen LogP contribution in [0.1, 0.15) is 56.1 Å². The van der Waals surface area contributed by atoms with Crippen LogP contribution in [0.25, 0.3) is 16.9 Å². The number of hydrogen-bond acceptors (Lipinski definition) is 4. The van der Waals surface area contributed by atoms with Crippen LogP contribution in [-0.4, -0.2) is 47.4 Å². The number of rotatable bonds is 5. The van der Waals surface area contributed by atoms with E-state index in [0.29, 0.717) is 22.9 Å². The van der Waals surface area contributed by atoms with Crippen LogP contribution in [0.4, 0.5) is 0 Å². The standard InChI is InChI=1S/C29H35N3O3/c1-19-7-9-20(10-8-19)32-25(14-24(30-32)23-12-11-22(34-5)13-26(23)35-6)27(33)31-18-29(4)16-21(31)15-28(2,3)17-29/h7-14,21H,15-18H2,1-6H3. The summed E-state index contributed by atoms with van der Waals surface area (Å²) >= 11 is 0. The number of nitrogens with zero attached hydrogens (tertiary/aromatic N) is 3. The van der Waals surface area contributed by atoms with Crippen molar-refractivity contribution >= 4 is 5.91 Å². The van der Waals surface area contributed by atoms with E-state index in [-0.39, 0.29) is 22.8 Å². The minimum absolute atomic E-state index is 0.0447. The number of likely N-dealkylation sites (tertiary alicyclic amines) is 1. The van der Waals surface area contributed by atoms with E-state index in [2.05, 4.69) is 32.6 Å². The van der Waals surface area contributed by atoms with Crippen molar-refractivity contribution in [1.82, 2.24) is 14.7 Å². The highest BCUT2D eigenvalue weighted by molar-refractivity contribution is 5.95. The number of aryl methyl sites for hydroxylation is 1. The van der Waals surface area contributed by atoms with Crippen LogP contribution in [0.15, 0.2) is 48.5 Å². The van der Waals surface area contributed by atoms with Crippen molar-refractivity contribution < 1.29 is 14.3 Å². The van der Waals surface area contributed by atoms with Gasteiger partial charge in [-0.15, -0.1) is 0 Å². The van der Waals surface area contributed by atoms with Crippen molar-refractivity contribution in [3.8, 4) is 28.4 Å². The van der Waals surface area contributed by atoms with E-state index in [1.165, 1.54) is 0 Å². The van der Waals surface area contributed by atoms with Crippen LogP contribution in [0.5, 0.6) is 11.5 Å². The highest BCUT2D eigenvalue weighted by Gasteiger charge is 2.51. The molecule has 1 aliphatic carbocycles. The van der Waals surface area contributed by atoms with E-state index >= 15 is 0 Å². The molecule has 6 heteroatoms. The van der Waals surface area contributed by atoms with Gasteiger partial charge >= 0.3 is 0 Å². The molecule has 0 spiro atoms. The Kier molecular flexibility index (Phi) is 5.65. The normalized spacial score (nSPS) is 22.8. The largest absolute Gasteiger partial charge is 0.497 e. The predicted octanol–water partition coefficient (Wildman–Crippen LogP) is 5.91. The zero-order valence-corrected chi connectivity index (χ0v) is 21.6. The quantitative estimate of drug-likeness (QED) is 0.463. The van der Waals surface area contributed by atoms with Gasteiger partial charge in [0.15, 0.2) is 0 Å². The first-order valence-electron chi connectivity index (χ1n) is 12.3. The summed E-state index contributed by atoms with van der Waals surface area (Å²) in [6, 6.07) is 15.9. The summed E-state index contributed by atoms with van der Waals surface area (Å²) < 4.78 is 12.8. The van der Waals surface area contributed by atoms with Gasteiger partial charge in [-0.25, -0.2) is 4.68 Å². The van der Waals surface area contributed by atoms with E-state index in [1.54, 1.807) is 18.9 Å². The molecule has 184 valence electrons. The Labute approximate surface area is 207 Å². The third-order valence-corrected chi connectivity index (χ3v) is 7.57. The molecule has 2 atom stereocenters. The lowest BCUT2D eigenvalue weighted by Crippen LogP contribution is -2.38. The van der Waals surface area contributed by atoms with E-state index < -0.39 is 0 Å². The number of carbonyl (C=O) groups is 1. The summed E-state index contributed by atoms with van der Waals surface area (Å²) in [5.41, 5.74) is 4.53. The van der Waals surface area contributed by atoms with Crippen LogP contribution in [0.2, 0.25) is 0 Å². The fourth-order valence-corrected chi connectivity index (χ4v) is 6.40. The molecule has 2 unspecified atom stereocenters. The van der Waals surface area contributed by atoms with Gasteiger partial charge in [0.1, 0.15) is 17.2 Å². The molecule has 0 radical (unpaired) electrons. The Morgan fingerprint density at radius 2 is 1.74 bits per heavy atom. The molecule has 2 aromatic carbocycles. The van der Waals surface area contributed by atoms with Gasteiger partial charge in [0.2, 0.25) is 0 Å². The SMILES string of the molecule is COc1ccc(-c2cc(C(=O)N3CC4(C)CC3CC(C)(C)C4)n(-c3ccc(C)cc3)n2)c(OC)c1. The molecule has 2 fully saturated rings. The van der Waals surface area contributed by atoms with Gasteiger partial charge in [0, 0.05) is 24.2 Å². The number of fused-ring (bicyclic) bond motifs is 2. The zero-order chi connectivity index (χ0) is 25.0. The summed E-state index contributed by atoms with van der Waals surface area (Å²) in [5.74, 6) is 1.41. The number of ether oxygens (including phenoxy) is 2. The fraction of sp³-hybridized carbons (Fsp3) is 0.448. The second kappa shape index (κ2) is 8.43. The molecule has 0 N–H and O–H groups in total. The van der Waals surface area contributed by atoms with Crippen molar-refractivity contribution in [2.45, 2.75) is 53.0 Å². The zero-order valence-electron chi connectivity index (χ0n) is 21.6. The van der Waals surface area contributed by atoms with E-state index in [9.17, 15) is 4.79 Å². The Bertz CT molecular complexity index is 1260. The topological polar surface area (TPSA) is 56.6 Å². The summed E-state index contributed by atoms with van der Waals surface area (Å²) in [7, 11) is 3.26. The maximum Gasteiger partial charge on any atom is 0.272 e. The molecule has 2 heterocycles. The first-order chi connectivity index (χ1) is 16.6. The van der Waals surface area contributed by atoms with E-state index in [4.69, 9.17) is 14.6 Å². The third-order valence-electron chi connectivity index (χ3n) is 7.57. The van der Waals surface area contributed by atoms with Crippen molar-refractivity contribution in [1.29, 1.82) is 0 Å². The Balaban J connectivity index is 1.60. The maximum absolute atomic E-state index is 14.1. The average Bonchev–Trinajstić information content (AvgIpc) is 3.36. The lowest BCUT2D eigenvalue weighted by atomic mass is 9.65. The third kappa shape index (κ3) is 4.30. The van der Waals surface area contributed by atoms with Crippen LogP contribution in [0.3, 0.4) is 0 Å². The van der Waals surface area contributed by atoms with Gasteiger partial charge in [-0.05, 0) is 67.3 Å². The number of aromatic nitrogens is 2. The summed E-state index contributed by atoms with van der Waals surface area (Å²) in [5, 5.41) is 4.92. The van der Waals surface area contributed by atoms with Crippen molar-refractivity contribution in [3.63, 3.8) is 0 Å². The highest BCUT2D eigenvalue weighted by atomic mass is 16.5. The Morgan fingerprint density at radius 3 is 2.43 bits per heavy atom. The summed E-state index contributed by atoms with van der Waals surface area (Å²) in [6.45, 7) is 9.84. The molecule has 2 aliphatic rings. The molecule has 5 rings (SSSR count). The maximum atomic E-state index is 14.1. The Hall–Kier alpha value is -3.28. The van der Waals surface area contributed by atoms with Gasteiger partial charge in [-0.3, -0.25) is 4.79 Å². The van der Waals surface area contributed by atoms with Crippen LogP contribution >= 0.6 is 0 Å². The van der Waals surface area contributed by atoms with Gasteiger partial charge in [0.25, 0.3) is 5.91 Å². The van der Waals surface area contributed by atoms with Gasteiger partial charge < -0.3 is 14.4 Å². The van der Waals surface area contributed by atoms with Crippen molar-refractivity contribution in [2.75, 3.05) is 20.8 Å². The minimum atomic E-state index is 0.0447. The number of carbonyl (C=O) groups excluding carboxylic acids is 1.